The van der Waals surface area contributed by atoms with Crippen molar-refractivity contribution in [3.8, 4) is 101 Å². The monoisotopic (exact) mass is 855 g/mol. The number of hydrogen-bond donors (Lipinski definition) is 0. The molecule has 0 unspecified atom stereocenters. The van der Waals surface area contributed by atoms with Gasteiger partial charge in [-0.3, -0.25) is 0 Å². The van der Waals surface area contributed by atoms with E-state index in [2.05, 4.69) is 212 Å². The Bertz CT molecular complexity index is 3680. The number of para-hydroxylation sites is 1. The first-order chi connectivity index (χ1) is 33.2. The van der Waals surface area contributed by atoms with Crippen molar-refractivity contribution in [3.05, 3.63) is 249 Å². The molecule has 2 aromatic heterocycles. The Hall–Kier alpha value is -8.99. The number of hydrogen-bond acceptors (Lipinski definition) is 4. The molecule has 0 aliphatic rings. The fourth-order valence-corrected chi connectivity index (χ4v) is 9.42. The zero-order valence-corrected chi connectivity index (χ0v) is 36.4. The van der Waals surface area contributed by atoms with Crippen LogP contribution in [0.3, 0.4) is 0 Å². The van der Waals surface area contributed by atoms with E-state index in [1.807, 2.05) is 36.4 Å². The molecule has 0 fully saturated rings. The van der Waals surface area contributed by atoms with Crippen LogP contribution in [-0.2, 0) is 0 Å². The van der Waals surface area contributed by atoms with Gasteiger partial charge in [0.05, 0.1) is 0 Å². The molecule has 0 saturated heterocycles. The van der Waals surface area contributed by atoms with E-state index >= 15 is 0 Å². The Balaban J connectivity index is 1.06. The van der Waals surface area contributed by atoms with Crippen molar-refractivity contribution in [2.24, 2.45) is 0 Å². The molecule has 67 heavy (non-hydrogen) atoms. The summed E-state index contributed by atoms with van der Waals surface area (Å²) < 4.78 is 6.33. The summed E-state index contributed by atoms with van der Waals surface area (Å²) >= 11 is 0. The summed E-state index contributed by atoms with van der Waals surface area (Å²) in [5, 5.41) is 2.00. The van der Waals surface area contributed by atoms with Crippen LogP contribution in [0.1, 0.15) is 0 Å². The van der Waals surface area contributed by atoms with E-state index in [9.17, 15) is 0 Å². The molecule has 0 amide bonds. The Kier molecular flexibility index (Phi) is 10.2. The largest absolute Gasteiger partial charge is 0.456 e. The molecular weight excluding hydrogens is 815 g/mol. The van der Waals surface area contributed by atoms with E-state index in [1.165, 1.54) is 16.7 Å². The third kappa shape index (κ3) is 7.47. The zero-order valence-electron chi connectivity index (χ0n) is 36.4. The van der Waals surface area contributed by atoms with Crippen LogP contribution in [0.15, 0.2) is 253 Å². The highest BCUT2D eigenvalue weighted by atomic mass is 16.3. The van der Waals surface area contributed by atoms with E-state index in [-0.39, 0.29) is 0 Å². The van der Waals surface area contributed by atoms with Crippen LogP contribution < -0.4 is 0 Å². The maximum atomic E-state index is 6.33. The first-order valence-electron chi connectivity index (χ1n) is 22.6. The number of fused-ring (bicyclic) bond motifs is 3. The van der Waals surface area contributed by atoms with Crippen molar-refractivity contribution < 1.29 is 4.42 Å². The Morgan fingerprint density at radius 2 is 0.612 bits per heavy atom. The van der Waals surface area contributed by atoms with Gasteiger partial charge in [-0.05, 0) is 85.0 Å². The highest BCUT2D eigenvalue weighted by molar-refractivity contribution is 6.12. The predicted molar refractivity (Wildman–Crippen MR) is 276 cm³/mol. The lowest BCUT2D eigenvalue weighted by Gasteiger charge is -2.24. The minimum atomic E-state index is 0.580. The zero-order chi connectivity index (χ0) is 44.5. The normalized spacial score (nSPS) is 11.3. The first-order valence-corrected chi connectivity index (χ1v) is 22.6. The molecule has 0 saturated carbocycles. The number of nitrogens with zero attached hydrogens (tertiary/aromatic N) is 3. The molecule has 0 aliphatic heterocycles. The molecule has 4 nitrogen and oxygen atoms in total. The van der Waals surface area contributed by atoms with Crippen LogP contribution >= 0.6 is 0 Å². The highest BCUT2D eigenvalue weighted by Crippen LogP contribution is 2.50. The minimum Gasteiger partial charge on any atom is -0.456 e. The summed E-state index contributed by atoms with van der Waals surface area (Å²) in [6.07, 6.45) is 0. The minimum absolute atomic E-state index is 0.580. The van der Waals surface area contributed by atoms with Crippen LogP contribution in [0, 0.1) is 0 Å². The number of furan rings is 1. The first kappa shape index (κ1) is 39.6. The van der Waals surface area contributed by atoms with Crippen molar-refractivity contribution in [1.82, 2.24) is 15.0 Å². The van der Waals surface area contributed by atoms with Crippen LogP contribution in [0.5, 0.6) is 0 Å². The standard InChI is InChI=1S/C63H41N3O/c1-6-19-42(20-7-1)43-33-37-49(38-34-43)61-64-62(66-63(65-61)52-30-18-32-56-60(52)51-29-16-17-31-55(51)67-56)50-39-35-45(36-40-50)54-41-53(44-21-8-2-9-22-44)57(46-23-10-3-11-24-46)59(48-27-14-5-15-28-48)58(54)47-25-12-4-13-26-47/h1-41H. The Labute approximate surface area is 389 Å². The highest BCUT2D eigenvalue weighted by Gasteiger charge is 2.24. The third-order valence-electron chi connectivity index (χ3n) is 12.6. The molecule has 12 aromatic rings. The number of rotatable bonds is 9. The SMILES string of the molecule is c1ccc(-c2ccc(-c3nc(-c4ccc(-c5cc(-c6ccccc6)c(-c6ccccc6)c(-c6ccccc6)c5-c5ccccc5)cc4)nc(-c4cccc5oc6ccccc6c45)n3)cc2)cc1. The van der Waals surface area contributed by atoms with E-state index in [4.69, 9.17) is 19.4 Å². The smallest absolute Gasteiger partial charge is 0.164 e. The van der Waals surface area contributed by atoms with Gasteiger partial charge in [-0.1, -0.05) is 231 Å². The molecule has 0 aliphatic carbocycles. The molecule has 314 valence electrons. The van der Waals surface area contributed by atoms with Crippen molar-refractivity contribution in [3.63, 3.8) is 0 Å². The van der Waals surface area contributed by atoms with Crippen molar-refractivity contribution in [2.45, 2.75) is 0 Å². The lowest BCUT2D eigenvalue weighted by molar-refractivity contribution is 0.669. The van der Waals surface area contributed by atoms with Crippen molar-refractivity contribution in [1.29, 1.82) is 0 Å². The van der Waals surface area contributed by atoms with Gasteiger partial charge in [0.1, 0.15) is 11.2 Å². The second-order valence-corrected chi connectivity index (χ2v) is 16.7. The Morgan fingerprint density at radius 1 is 0.239 bits per heavy atom. The van der Waals surface area contributed by atoms with E-state index in [0.29, 0.717) is 17.5 Å². The summed E-state index contributed by atoms with van der Waals surface area (Å²) in [6.45, 7) is 0. The fraction of sp³-hybridized carbons (Fsp3) is 0. The lowest BCUT2D eigenvalue weighted by atomic mass is 9.79. The Morgan fingerprint density at radius 3 is 1.15 bits per heavy atom. The quantitative estimate of drug-likeness (QED) is 0.145. The van der Waals surface area contributed by atoms with E-state index in [0.717, 1.165) is 88.7 Å². The van der Waals surface area contributed by atoms with Crippen molar-refractivity contribution >= 4 is 21.9 Å². The molecule has 0 spiro atoms. The maximum absolute atomic E-state index is 6.33. The molecule has 12 rings (SSSR count). The average molecular weight is 856 g/mol. The average Bonchev–Trinajstić information content (AvgIpc) is 3.81. The number of aromatic nitrogens is 3. The molecular formula is C63H41N3O. The van der Waals surface area contributed by atoms with Gasteiger partial charge in [0, 0.05) is 27.5 Å². The summed E-state index contributed by atoms with van der Waals surface area (Å²) in [4.78, 5) is 15.7. The summed E-state index contributed by atoms with van der Waals surface area (Å²) in [5.41, 5.74) is 18.1. The summed E-state index contributed by atoms with van der Waals surface area (Å²) in [6, 6.07) is 87.3. The second kappa shape index (κ2) is 17.2. The molecule has 0 bridgehead atoms. The van der Waals surface area contributed by atoms with Gasteiger partial charge in [0.2, 0.25) is 0 Å². The van der Waals surface area contributed by atoms with Gasteiger partial charge in [0.15, 0.2) is 17.5 Å². The molecule has 2 heterocycles. The molecule has 0 atom stereocenters. The van der Waals surface area contributed by atoms with Crippen LogP contribution in [-0.4, -0.2) is 15.0 Å². The summed E-state index contributed by atoms with van der Waals surface area (Å²) in [5.74, 6) is 1.76. The van der Waals surface area contributed by atoms with Gasteiger partial charge in [0.25, 0.3) is 0 Å². The maximum Gasteiger partial charge on any atom is 0.164 e. The van der Waals surface area contributed by atoms with Crippen LogP contribution in [0.25, 0.3) is 123 Å². The van der Waals surface area contributed by atoms with Gasteiger partial charge < -0.3 is 4.42 Å². The van der Waals surface area contributed by atoms with Gasteiger partial charge in [-0.25, -0.2) is 15.0 Å². The van der Waals surface area contributed by atoms with E-state index < -0.39 is 0 Å². The van der Waals surface area contributed by atoms with Gasteiger partial charge in [-0.15, -0.1) is 0 Å². The van der Waals surface area contributed by atoms with Crippen LogP contribution in [0.4, 0.5) is 0 Å². The van der Waals surface area contributed by atoms with Crippen molar-refractivity contribution in [2.75, 3.05) is 0 Å². The molecule has 0 radical (unpaired) electrons. The fourth-order valence-electron chi connectivity index (χ4n) is 9.42. The van der Waals surface area contributed by atoms with Crippen LogP contribution in [0.2, 0.25) is 0 Å². The number of benzene rings is 10. The topological polar surface area (TPSA) is 51.8 Å². The second-order valence-electron chi connectivity index (χ2n) is 16.7. The lowest BCUT2D eigenvalue weighted by Crippen LogP contribution is -2.01. The van der Waals surface area contributed by atoms with Gasteiger partial charge in [-0.2, -0.15) is 0 Å². The third-order valence-corrected chi connectivity index (χ3v) is 12.6. The summed E-state index contributed by atoms with van der Waals surface area (Å²) in [7, 11) is 0. The van der Waals surface area contributed by atoms with E-state index in [1.54, 1.807) is 0 Å². The molecule has 4 heteroatoms. The molecule has 10 aromatic carbocycles. The molecule has 0 N–H and O–H groups in total. The predicted octanol–water partition coefficient (Wildman–Crippen LogP) is 16.8. The van der Waals surface area contributed by atoms with Gasteiger partial charge >= 0.3 is 0 Å².